The lowest BCUT2D eigenvalue weighted by molar-refractivity contribution is -0.137. The zero-order valence-electron chi connectivity index (χ0n) is 13.2. The van der Waals surface area contributed by atoms with Crippen LogP contribution in [-0.2, 0) is 6.18 Å². The highest BCUT2D eigenvalue weighted by atomic mass is 79.9. The predicted molar refractivity (Wildman–Crippen MR) is 93.7 cm³/mol. The Labute approximate surface area is 158 Å². The number of hydrogen-bond acceptors (Lipinski definition) is 5. The molecule has 0 atom stereocenters. The van der Waals surface area contributed by atoms with Gasteiger partial charge < -0.3 is 4.74 Å². The first-order chi connectivity index (χ1) is 12.3. The Morgan fingerprint density at radius 3 is 2.69 bits per heavy atom. The zero-order chi connectivity index (χ0) is 18.9. The molecule has 0 spiro atoms. The second kappa shape index (κ2) is 7.28. The maximum absolute atomic E-state index is 12.9. The first-order valence-electron chi connectivity index (χ1n) is 7.21. The number of pyridine rings is 1. The first-order valence-corrected chi connectivity index (χ1v) is 8.99. The van der Waals surface area contributed by atoms with Gasteiger partial charge in [0.25, 0.3) is 0 Å². The van der Waals surface area contributed by atoms with E-state index in [0.717, 1.165) is 24.0 Å². The largest absolute Gasteiger partial charge is 0.496 e. The number of nitrogens with zero attached hydrogens (tertiary/aromatic N) is 3. The summed E-state index contributed by atoms with van der Waals surface area (Å²) in [5.41, 5.74) is -0.0767. The molecule has 2 aromatic heterocycles. The second-order valence-electron chi connectivity index (χ2n) is 5.19. The summed E-state index contributed by atoms with van der Waals surface area (Å²) in [5.74, 6) is 0.412. The fourth-order valence-corrected chi connectivity index (χ4v) is 3.54. The number of ether oxygens (including phenoxy) is 1. The highest BCUT2D eigenvalue weighted by molar-refractivity contribution is 9.10. The van der Waals surface area contributed by atoms with E-state index in [9.17, 15) is 18.0 Å². The van der Waals surface area contributed by atoms with Crippen LogP contribution in [0.15, 0.2) is 46.2 Å². The number of methoxy groups -OCH3 is 1. The summed E-state index contributed by atoms with van der Waals surface area (Å²) in [4.78, 5) is 12.3. The molecule has 0 saturated heterocycles. The minimum atomic E-state index is -4.47. The molecular formula is C16H11BrF3N3O2S. The van der Waals surface area contributed by atoms with Crippen molar-refractivity contribution in [1.82, 2.24) is 14.6 Å². The van der Waals surface area contributed by atoms with Crippen molar-refractivity contribution >= 4 is 39.1 Å². The highest BCUT2D eigenvalue weighted by Crippen LogP contribution is 2.30. The molecule has 0 N–H and O–H groups in total. The van der Waals surface area contributed by atoms with Gasteiger partial charge in [0.2, 0.25) is 0 Å². The molecule has 0 radical (unpaired) electrons. The van der Waals surface area contributed by atoms with Crippen molar-refractivity contribution in [3.05, 3.63) is 52.1 Å². The lowest BCUT2D eigenvalue weighted by Gasteiger charge is -2.07. The van der Waals surface area contributed by atoms with Crippen molar-refractivity contribution in [1.29, 1.82) is 0 Å². The molecule has 3 rings (SSSR count). The maximum atomic E-state index is 12.9. The van der Waals surface area contributed by atoms with Gasteiger partial charge in [0.05, 0.1) is 22.9 Å². The molecule has 2 heterocycles. The minimum absolute atomic E-state index is 0.00973. The van der Waals surface area contributed by atoms with Crippen LogP contribution in [0.25, 0.3) is 5.65 Å². The van der Waals surface area contributed by atoms with E-state index >= 15 is 0 Å². The number of ketones is 1. The van der Waals surface area contributed by atoms with Crippen molar-refractivity contribution < 1.29 is 22.7 Å². The Morgan fingerprint density at radius 2 is 2.04 bits per heavy atom. The second-order valence-corrected chi connectivity index (χ2v) is 6.98. The van der Waals surface area contributed by atoms with Crippen LogP contribution in [0.1, 0.15) is 15.9 Å². The van der Waals surface area contributed by atoms with E-state index in [2.05, 4.69) is 26.1 Å². The number of thioether (sulfide) groups is 1. The van der Waals surface area contributed by atoms with Gasteiger partial charge >= 0.3 is 6.18 Å². The Bertz CT molecular complexity index is 975. The van der Waals surface area contributed by atoms with E-state index in [1.165, 1.54) is 17.6 Å². The number of Topliss-reactive ketones (excluding diaryl/α,β-unsaturated/α-hetero) is 1. The third kappa shape index (κ3) is 3.85. The molecule has 136 valence electrons. The summed E-state index contributed by atoms with van der Waals surface area (Å²) < 4.78 is 45.6. The van der Waals surface area contributed by atoms with E-state index in [-0.39, 0.29) is 22.3 Å². The molecule has 0 saturated carbocycles. The molecule has 26 heavy (non-hydrogen) atoms. The van der Waals surface area contributed by atoms with Crippen molar-refractivity contribution in [3.63, 3.8) is 0 Å². The third-order valence-electron chi connectivity index (χ3n) is 3.50. The van der Waals surface area contributed by atoms with Crippen LogP contribution >= 0.6 is 27.7 Å². The molecule has 0 unspecified atom stereocenters. The fraction of sp³-hybridized carbons (Fsp3) is 0.188. The molecule has 0 amide bonds. The SMILES string of the molecule is COc1ccc(C(=O)CSc2nnc3ccc(C(F)(F)F)cn23)cc1Br. The van der Waals surface area contributed by atoms with Crippen molar-refractivity contribution in [2.45, 2.75) is 11.3 Å². The van der Waals surface area contributed by atoms with Crippen LogP contribution in [0.4, 0.5) is 13.2 Å². The molecule has 0 aliphatic rings. The van der Waals surface area contributed by atoms with E-state index in [1.54, 1.807) is 18.2 Å². The molecule has 10 heteroatoms. The third-order valence-corrected chi connectivity index (χ3v) is 5.07. The van der Waals surface area contributed by atoms with Gasteiger partial charge in [-0.05, 0) is 46.3 Å². The summed E-state index contributed by atoms with van der Waals surface area (Å²) in [7, 11) is 1.52. The van der Waals surface area contributed by atoms with Crippen LogP contribution in [0.5, 0.6) is 5.75 Å². The van der Waals surface area contributed by atoms with Gasteiger partial charge in [-0.25, -0.2) is 0 Å². The number of hydrogen-bond donors (Lipinski definition) is 0. The smallest absolute Gasteiger partial charge is 0.417 e. The molecule has 3 aromatic rings. The maximum Gasteiger partial charge on any atom is 0.417 e. The number of halogens is 4. The molecule has 1 aromatic carbocycles. The minimum Gasteiger partial charge on any atom is -0.496 e. The number of carbonyl (C=O) groups is 1. The number of carbonyl (C=O) groups excluding carboxylic acids is 1. The molecule has 0 fully saturated rings. The number of fused-ring (bicyclic) bond motifs is 1. The van der Waals surface area contributed by atoms with Crippen LogP contribution in [-0.4, -0.2) is 33.2 Å². The summed E-state index contributed by atoms with van der Waals surface area (Å²) in [6.07, 6.45) is -3.54. The van der Waals surface area contributed by atoms with Gasteiger partial charge in [0.1, 0.15) is 5.75 Å². The molecular weight excluding hydrogens is 435 g/mol. The van der Waals surface area contributed by atoms with E-state index in [4.69, 9.17) is 4.74 Å². The highest BCUT2D eigenvalue weighted by Gasteiger charge is 2.31. The number of rotatable bonds is 5. The summed E-state index contributed by atoms with van der Waals surface area (Å²) in [6, 6.07) is 7.09. The number of benzene rings is 1. The van der Waals surface area contributed by atoms with E-state index in [1.807, 2.05) is 0 Å². The van der Waals surface area contributed by atoms with Crippen LogP contribution in [0.2, 0.25) is 0 Å². The summed E-state index contributed by atoms with van der Waals surface area (Å²) >= 11 is 4.33. The molecule has 0 aliphatic carbocycles. The summed E-state index contributed by atoms with van der Waals surface area (Å²) in [5, 5.41) is 7.89. The van der Waals surface area contributed by atoms with Gasteiger partial charge in [0, 0.05) is 11.8 Å². The Morgan fingerprint density at radius 1 is 1.27 bits per heavy atom. The van der Waals surface area contributed by atoms with Crippen LogP contribution in [0.3, 0.4) is 0 Å². The van der Waals surface area contributed by atoms with Gasteiger partial charge in [-0.2, -0.15) is 13.2 Å². The summed E-state index contributed by atoms with van der Waals surface area (Å²) in [6.45, 7) is 0. The number of aromatic nitrogens is 3. The van der Waals surface area contributed by atoms with Crippen LogP contribution in [0, 0.1) is 0 Å². The zero-order valence-corrected chi connectivity index (χ0v) is 15.7. The van der Waals surface area contributed by atoms with E-state index in [0.29, 0.717) is 15.8 Å². The van der Waals surface area contributed by atoms with Crippen LogP contribution < -0.4 is 4.74 Å². The molecule has 5 nitrogen and oxygen atoms in total. The normalized spacial score (nSPS) is 11.7. The van der Waals surface area contributed by atoms with Gasteiger partial charge in [-0.3, -0.25) is 9.20 Å². The van der Waals surface area contributed by atoms with Gasteiger partial charge in [-0.1, -0.05) is 11.8 Å². The number of alkyl halides is 3. The monoisotopic (exact) mass is 445 g/mol. The fourth-order valence-electron chi connectivity index (χ4n) is 2.19. The lowest BCUT2D eigenvalue weighted by atomic mass is 10.1. The van der Waals surface area contributed by atoms with E-state index < -0.39 is 11.7 Å². The topological polar surface area (TPSA) is 56.5 Å². The first kappa shape index (κ1) is 18.7. The Balaban J connectivity index is 1.79. The van der Waals surface area contributed by atoms with Crippen molar-refractivity contribution in [2.24, 2.45) is 0 Å². The van der Waals surface area contributed by atoms with Gasteiger partial charge in [0.15, 0.2) is 16.6 Å². The molecule has 0 aliphatic heterocycles. The van der Waals surface area contributed by atoms with Gasteiger partial charge in [-0.15, -0.1) is 10.2 Å². The average molecular weight is 446 g/mol. The average Bonchev–Trinajstić information content (AvgIpc) is 3.01. The quantitative estimate of drug-likeness (QED) is 0.427. The van der Waals surface area contributed by atoms with Crippen molar-refractivity contribution in [2.75, 3.05) is 12.9 Å². The standard InChI is InChI=1S/C16H11BrF3N3O2S/c1-25-13-4-2-9(6-11(13)17)12(24)8-26-15-22-21-14-5-3-10(7-23(14)15)16(18,19)20/h2-7H,8H2,1H3. The Hall–Kier alpha value is -2.07. The van der Waals surface area contributed by atoms with Crippen molar-refractivity contribution in [3.8, 4) is 5.75 Å². The molecule has 0 bridgehead atoms. The predicted octanol–water partition coefficient (Wildman–Crippen LogP) is 4.49. The Kier molecular flexibility index (Phi) is 5.24. The lowest BCUT2D eigenvalue weighted by Crippen LogP contribution is -2.07.